The van der Waals surface area contributed by atoms with Crippen LogP contribution in [0.4, 0.5) is 4.79 Å². The van der Waals surface area contributed by atoms with Gasteiger partial charge < -0.3 is 19.3 Å². The molecule has 0 bridgehead atoms. The molecule has 1 heterocycles. The van der Waals surface area contributed by atoms with Gasteiger partial charge >= 0.3 is 6.09 Å². The second-order valence-electron chi connectivity index (χ2n) is 4.23. The lowest BCUT2D eigenvalue weighted by molar-refractivity contribution is -0.125. The first kappa shape index (κ1) is 14.3. The number of rotatable bonds is 4. The first-order valence-electron chi connectivity index (χ1n) is 5.99. The zero-order valence-electron chi connectivity index (χ0n) is 11.1. The van der Waals surface area contributed by atoms with Crippen molar-refractivity contribution in [3.63, 3.8) is 0 Å². The predicted octanol–water partition coefficient (Wildman–Crippen LogP) is 0.836. The van der Waals surface area contributed by atoms with E-state index in [1.165, 1.54) is 17.2 Å². The number of hydrogen-bond donors (Lipinski definition) is 0. The highest BCUT2D eigenvalue weighted by molar-refractivity contribution is 5.87. The van der Waals surface area contributed by atoms with Gasteiger partial charge in [-0.3, -0.25) is 4.79 Å². The largest absolute Gasteiger partial charge is 0.501 e. The summed E-state index contributed by atoms with van der Waals surface area (Å²) >= 11 is 0. The van der Waals surface area contributed by atoms with Gasteiger partial charge in [-0.2, -0.15) is 0 Å². The van der Waals surface area contributed by atoms with E-state index >= 15 is 0 Å². The Morgan fingerprint density at radius 3 is 2.78 bits per heavy atom. The minimum atomic E-state index is -0.376. The Hall–Kier alpha value is -1.72. The van der Waals surface area contributed by atoms with Crippen LogP contribution in [-0.2, 0) is 14.3 Å². The highest BCUT2D eigenvalue weighted by Crippen LogP contribution is 2.14. The molecule has 0 aromatic carbocycles. The van der Waals surface area contributed by atoms with Gasteiger partial charge in [-0.15, -0.1) is 0 Å². The lowest BCUT2D eigenvalue weighted by Gasteiger charge is -2.17. The van der Waals surface area contributed by atoms with Gasteiger partial charge in [0, 0.05) is 33.1 Å². The topological polar surface area (TPSA) is 59.1 Å². The normalized spacial score (nSPS) is 19.1. The van der Waals surface area contributed by atoms with Gasteiger partial charge in [0.15, 0.2) is 0 Å². The van der Waals surface area contributed by atoms with Crippen molar-refractivity contribution >= 4 is 12.0 Å². The van der Waals surface area contributed by atoms with Gasteiger partial charge in [0.2, 0.25) is 5.91 Å². The molecule has 1 unspecified atom stereocenters. The third-order valence-corrected chi connectivity index (χ3v) is 2.56. The quantitative estimate of drug-likeness (QED) is 0.552. The molecule has 6 heteroatoms. The summed E-state index contributed by atoms with van der Waals surface area (Å²) in [5.41, 5.74) is 0. The van der Waals surface area contributed by atoms with Gasteiger partial charge in [0.1, 0.15) is 6.10 Å². The zero-order chi connectivity index (χ0) is 13.5. The Labute approximate surface area is 107 Å². The number of amides is 2. The van der Waals surface area contributed by atoms with E-state index in [-0.39, 0.29) is 18.1 Å². The molecular formula is C12H20N2O4. The van der Waals surface area contributed by atoms with E-state index in [1.54, 1.807) is 19.0 Å². The summed E-state index contributed by atoms with van der Waals surface area (Å²) in [5, 5.41) is 0. The Kier molecular flexibility index (Phi) is 5.48. The Morgan fingerprint density at radius 2 is 2.17 bits per heavy atom. The number of likely N-dealkylation sites (tertiary alicyclic amines) is 1. The third-order valence-electron chi connectivity index (χ3n) is 2.56. The van der Waals surface area contributed by atoms with Crippen LogP contribution in [0.25, 0.3) is 0 Å². The van der Waals surface area contributed by atoms with E-state index in [1.807, 2.05) is 6.92 Å². The number of ether oxygens (including phenoxy) is 2. The van der Waals surface area contributed by atoms with Crippen LogP contribution < -0.4 is 0 Å². The molecule has 6 nitrogen and oxygen atoms in total. The maximum Gasteiger partial charge on any atom is 0.409 e. The number of hydrogen-bond acceptors (Lipinski definition) is 4. The van der Waals surface area contributed by atoms with Crippen molar-refractivity contribution in [2.24, 2.45) is 0 Å². The van der Waals surface area contributed by atoms with Gasteiger partial charge in [0.25, 0.3) is 0 Å². The van der Waals surface area contributed by atoms with E-state index in [4.69, 9.17) is 9.47 Å². The molecule has 0 aromatic rings. The fourth-order valence-electron chi connectivity index (χ4n) is 1.58. The van der Waals surface area contributed by atoms with Crippen molar-refractivity contribution in [3.05, 3.63) is 12.3 Å². The second-order valence-corrected chi connectivity index (χ2v) is 4.23. The maximum atomic E-state index is 11.7. The third kappa shape index (κ3) is 4.27. The zero-order valence-corrected chi connectivity index (χ0v) is 11.1. The van der Waals surface area contributed by atoms with Gasteiger partial charge in [-0.25, -0.2) is 4.79 Å². The summed E-state index contributed by atoms with van der Waals surface area (Å²) in [5.74, 6) is -0.119. The molecular weight excluding hydrogens is 236 g/mol. The summed E-state index contributed by atoms with van der Waals surface area (Å²) in [6, 6.07) is 0. The average Bonchev–Trinajstić information content (AvgIpc) is 2.77. The van der Waals surface area contributed by atoms with E-state index in [0.29, 0.717) is 26.1 Å². The van der Waals surface area contributed by atoms with Crippen molar-refractivity contribution in [2.45, 2.75) is 19.4 Å². The smallest absolute Gasteiger partial charge is 0.409 e. The van der Waals surface area contributed by atoms with Crippen LogP contribution in [0.3, 0.4) is 0 Å². The summed E-state index contributed by atoms with van der Waals surface area (Å²) < 4.78 is 10.2. The Bertz CT molecular complexity index is 328. The van der Waals surface area contributed by atoms with Crippen LogP contribution in [0.15, 0.2) is 12.3 Å². The molecule has 0 aromatic heterocycles. The highest BCUT2D eigenvalue weighted by atomic mass is 16.6. The number of carbonyl (C=O) groups is 2. The fraction of sp³-hybridized carbons (Fsp3) is 0.667. The van der Waals surface area contributed by atoms with Crippen LogP contribution in [0.1, 0.15) is 13.3 Å². The lowest BCUT2D eigenvalue weighted by atomic mass is 10.3. The Balaban J connectivity index is 2.36. The Morgan fingerprint density at radius 1 is 1.44 bits per heavy atom. The minimum absolute atomic E-state index is 0.119. The summed E-state index contributed by atoms with van der Waals surface area (Å²) in [7, 11) is 3.26. The molecule has 0 aliphatic carbocycles. The fourth-order valence-corrected chi connectivity index (χ4v) is 1.58. The molecule has 2 amide bonds. The average molecular weight is 256 g/mol. The van der Waals surface area contributed by atoms with Gasteiger partial charge in [0.05, 0.1) is 19.4 Å². The van der Waals surface area contributed by atoms with Crippen molar-refractivity contribution < 1.29 is 19.1 Å². The molecule has 1 aliphatic heterocycles. The molecule has 1 atom stereocenters. The lowest BCUT2D eigenvalue weighted by Crippen LogP contribution is -2.32. The monoisotopic (exact) mass is 256 g/mol. The van der Waals surface area contributed by atoms with Crippen LogP contribution in [-0.4, -0.2) is 61.7 Å². The molecule has 0 saturated carbocycles. The van der Waals surface area contributed by atoms with Crippen molar-refractivity contribution in [3.8, 4) is 0 Å². The van der Waals surface area contributed by atoms with Crippen LogP contribution >= 0.6 is 0 Å². The van der Waals surface area contributed by atoms with Crippen LogP contribution in [0.2, 0.25) is 0 Å². The van der Waals surface area contributed by atoms with Crippen LogP contribution in [0, 0.1) is 0 Å². The number of carbonyl (C=O) groups excluding carboxylic acids is 2. The van der Waals surface area contributed by atoms with Crippen molar-refractivity contribution in [2.75, 3.05) is 33.8 Å². The minimum Gasteiger partial charge on any atom is -0.501 e. The van der Waals surface area contributed by atoms with E-state index in [9.17, 15) is 9.59 Å². The molecule has 1 saturated heterocycles. The maximum absolute atomic E-state index is 11.7. The van der Waals surface area contributed by atoms with Gasteiger partial charge in [-0.05, 0) is 6.92 Å². The molecule has 102 valence electrons. The van der Waals surface area contributed by atoms with Crippen molar-refractivity contribution in [1.82, 2.24) is 9.80 Å². The standard InChI is InChI=1S/C12H20N2O4/c1-4-17-8-6-11(15)14-7-5-10(9-14)18-12(16)13(2)3/h6,8,10H,4-5,7,9H2,1-3H3/b8-6+. The molecule has 1 rings (SSSR count). The molecule has 0 spiro atoms. The summed E-state index contributed by atoms with van der Waals surface area (Å²) in [4.78, 5) is 26.1. The predicted molar refractivity (Wildman–Crippen MR) is 65.9 cm³/mol. The second kappa shape index (κ2) is 6.88. The van der Waals surface area contributed by atoms with E-state index < -0.39 is 0 Å². The number of nitrogens with zero attached hydrogens (tertiary/aromatic N) is 2. The summed E-state index contributed by atoms with van der Waals surface area (Å²) in [6.45, 7) is 3.42. The molecule has 18 heavy (non-hydrogen) atoms. The molecule has 0 N–H and O–H groups in total. The SMILES string of the molecule is CCO/C=C/C(=O)N1CCC(OC(=O)N(C)C)C1. The van der Waals surface area contributed by atoms with Gasteiger partial charge in [-0.1, -0.05) is 0 Å². The first-order chi connectivity index (χ1) is 8.54. The van der Waals surface area contributed by atoms with E-state index in [0.717, 1.165) is 0 Å². The summed E-state index contributed by atoms with van der Waals surface area (Å²) in [6.07, 6.45) is 2.86. The van der Waals surface area contributed by atoms with Crippen molar-refractivity contribution in [1.29, 1.82) is 0 Å². The highest BCUT2D eigenvalue weighted by Gasteiger charge is 2.28. The van der Waals surface area contributed by atoms with Crippen LogP contribution in [0.5, 0.6) is 0 Å². The molecule has 0 radical (unpaired) electrons. The first-order valence-corrected chi connectivity index (χ1v) is 5.99. The molecule has 1 aliphatic rings. The van der Waals surface area contributed by atoms with E-state index in [2.05, 4.69) is 0 Å². The molecule has 1 fully saturated rings.